The van der Waals surface area contributed by atoms with Crippen LogP contribution in [0.25, 0.3) is 0 Å². The van der Waals surface area contributed by atoms with E-state index in [-0.39, 0.29) is 37.9 Å². The molecule has 0 aliphatic rings. The van der Waals surface area contributed by atoms with Gasteiger partial charge in [0.1, 0.15) is 18.6 Å². The van der Waals surface area contributed by atoms with Crippen molar-refractivity contribution in [3.63, 3.8) is 0 Å². The van der Waals surface area contributed by atoms with Crippen LogP contribution in [-0.4, -0.2) is 97.1 Å². The maximum absolute atomic E-state index is 12.6. The van der Waals surface area contributed by atoms with E-state index in [1.54, 1.807) is 48.6 Å². The Morgan fingerprint density at radius 2 is 1.43 bits per heavy atom. The molecule has 0 bridgehead atoms. The zero-order valence-corrected chi connectivity index (χ0v) is 25.9. The Balaban J connectivity index is 5.45. The predicted octanol–water partition coefficient (Wildman–Crippen LogP) is 1.75. The number of hydrogen-bond donors (Lipinski definition) is 8. The molecule has 0 aliphatic heterocycles. The first-order chi connectivity index (χ1) is 20.9. The highest BCUT2D eigenvalue weighted by atomic mass is 32.2. The van der Waals surface area contributed by atoms with Crippen molar-refractivity contribution in [1.29, 1.82) is 0 Å². The summed E-state index contributed by atoms with van der Waals surface area (Å²) in [5, 5.41) is 51.4. The zero-order chi connectivity index (χ0) is 33.3. The summed E-state index contributed by atoms with van der Waals surface area (Å²) in [5.74, 6) is -5.11. The Hall–Kier alpha value is -3.46. The molecule has 0 fully saturated rings. The van der Waals surface area contributed by atoms with Gasteiger partial charge in [0, 0.05) is 23.8 Å². The molecule has 14 heteroatoms. The van der Waals surface area contributed by atoms with E-state index < -0.39 is 65.8 Å². The van der Waals surface area contributed by atoms with Gasteiger partial charge < -0.3 is 41.9 Å². The minimum absolute atomic E-state index is 0.0812. The quantitative estimate of drug-likeness (QED) is 0.0526. The van der Waals surface area contributed by atoms with Crippen molar-refractivity contribution in [3.05, 3.63) is 48.6 Å². The summed E-state index contributed by atoms with van der Waals surface area (Å²) < 4.78 is 0. The van der Waals surface area contributed by atoms with Crippen LogP contribution in [0.1, 0.15) is 64.7 Å². The molecule has 13 nitrogen and oxygen atoms in total. The van der Waals surface area contributed by atoms with E-state index in [1.807, 2.05) is 0 Å². The lowest BCUT2D eigenvalue weighted by atomic mass is 10.1. The number of aliphatic hydroxyl groups excluding tert-OH is 2. The van der Waals surface area contributed by atoms with Gasteiger partial charge in [-0.3, -0.25) is 24.0 Å². The largest absolute Gasteiger partial charge is 0.481 e. The van der Waals surface area contributed by atoms with Crippen LogP contribution in [0.3, 0.4) is 0 Å². The molecule has 2 amide bonds. The van der Waals surface area contributed by atoms with Crippen molar-refractivity contribution in [2.45, 2.75) is 94.3 Å². The Kier molecular flexibility index (Phi) is 23.0. The number of allylic oxidation sites excluding steroid dienone is 6. The number of unbranched alkanes of at least 4 members (excludes halogenated alkanes) is 2. The van der Waals surface area contributed by atoms with Crippen LogP contribution in [-0.2, 0) is 24.0 Å². The number of carbonyl (C=O) groups excluding carboxylic acids is 2. The summed E-state index contributed by atoms with van der Waals surface area (Å²) in [4.78, 5) is 57.8. The maximum atomic E-state index is 12.6. The van der Waals surface area contributed by atoms with E-state index >= 15 is 0 Å². The molecular formula is C30H47N3O10S. The van der Waals surface area contributed by atoms with E-state index in [1.165, 1.54) is 0 Å². The van der Waals surface area contributed by atoms with Crippen LogP contribution in [0.4, 0.5) is 0 Å². The molecule has 0 saturated carbocycles. The van der Waals surface area contributed by atoms with Gasteiger partial charge in [-0.05, 0) is 25.7 Å². The number of carbonyl (C=O) groups is 5. The number of rotatable bonds is 25. The number of amides is 2. The SMILES string of the molecule is CCCCCC(O)/C=C/C=C/C=C/C=C/C(SCC(NC(=O)CCC(N)C(=O)O)C(=O)NCC(=O)O)C(O)CCCC(=O)O. The second-order valence-corrected chi connectivity index (χ2v) is 11.2. The van der Waals surface area contributed by atoms with Gasteiger partial charge in [-0.15, -0.1) is 11.8 Å². The van der Waals surface area contributed by atoms with Crippen molar-refractivity contribution in [2.24, 2.45) is 5.73 Å². The molecule has 0 aliphatic carbocycles. The summed E-state index contributed by atoms with van der Waals surface area (Å²) in [6.07, 6.45) is 15.8. The molecule has 0 aromatic rings. The number of carboxylic acids is 3. The van der Waals surface area contributed by atoms with Crippen molar-refractivity contribution in [2.75, 3.05) is 12.3 Å². The van der Waals surface area contributed by atoms with Crippen LogP contribution >= 0.6 is 11.8 Å². The highest BCUT2D eigenvalue weighted by molar-refractivity contribution is 8.00. The number of nitrogens with two attached hydrogens (primary N) is 1. The third kappa shape index (κ3) is 22.1. The molecule has 0 spiro atoms. The number of carboxylic acid groups (broad SMARTS) is 3. The van der Waals surface area contributed by atoms with Gasteiger partial charge in [-0.25, -0.2) is 0 Å². The monoisotopic (exact) mass is 641 g/mol. The summed E-state index contributed by atoms with van der Waals surface area (Å²) in [7, 11) is 0. The summed E-state index contributed by atoms with van der Waals surface area (Å²) in [5.41, 5.74) is 5.43. The van der Waals surface area contributed by atoms with Crippen LogP contribution in [0.2, 0.25) is 0 Å². The molecule has 0 heterocycles. The summed E-state index contributed by atoms with van der Waals surface area (Å²) in [6, 6.07) is -2.48. The van der Waals surface area contributed by atoms with Gasteiger partial charge in [0.2, 0.25) is 11.8 Å². The van der Waals surface area contributed by atoms with Gasteiger partial charge in [0.15, 0.2) is 0 Å². The predicted molar refractivity (Wildman–Crippen MR) is 168 cm³/mol. The van der Waals surface area contributed by atoms with Crippen LogP contribution in [0.5, 0.6) is 0 Å². The Morgan fingerprint density at radius 3 is 2.02 bits per heavy atom. The average Bonchev–Trinajstić information content (AvgIpc) is 2.96. The van der Waals surface area contributed by atoms with E-state index in [4.69, 9.17) is 21.1 Å². The number of aliphatic carboxylic acids is 3. The van der Waals surface area contributed by atoms with E-state index in [2.05, 4.69) is 17.6 Å². The summed E-state index contributed by atoms with van der Waals surface area (Å²) in [6.45, 7) is 1.41. The third-order valence-electron chi connectivity index (χ3n) is 6.08. The second kappa shape index (κ2) is 24.9. The minimum Gasteiger partial charge on any atom is -0.481 e. The fourth-order valence-electron chi connectivity index (χ4n) is 3.60. The summed E-state index contributed by atoms with van der Waals surface area (Å²) >= 11 is 1.10. The lowest BCUT2D eigenvalue weighted by Gasteiger charge is -2.23. The molecule has 5 atom stereocenters. The topological polar surface area (TPSA) is 237 Å². The molecule has 44 heavy (non-hydrogen) atoms. The molecule has 0 aromatic carbocycles. The molecule has 0 radical (unpaired) electrons. The molecule has 248 valence electrons. The fourth-order valence-corrected chi connectivity index (χ4v) is 4.81. The van der Waals surface area contributed by atoms with E-state index in [0.717, 1.165) is 31.0 Å². The molecular weight excluding hydrogens is 594 g/mol. The smallest absolute Gasteiger partial charge is 0.322 e. The number of hydrogen-bond acceptors (Lipinski definition) is 9. The Labute approximate surface area is 262 Å². The van der Waals surface area contributed by atoms with E-state index in [9.17, 15) is 34.2 Å². The third-order valence-corrected chi connectivity index (χ3v) is 7.47. The average molecular weight is 642 g/mol. The first-order valence-corrected chi connectivity index (χ1v) is 15.6. The first-order valence-electron chi connectivity index (χ1n) is 14.5. The molecule has 9 N–H and O–H groups in total. The van der Waals surface area contributed by atoms with Crippen molar-refractivity contribution in [3.8, 4) is 0 Å². The van der Waals surface area contributed by atoms with Gasteiger partial charge in [-0.2, -0.15) is 0 Å². The molecule has 5 unspecified atom stereocenters. The van der Waals surface area contributed by atoms with Gasteiger partial charge in [-0.1, -0.05) is 74.8 Å². The molecule has 0 saturated heterocycles. The van der Waals surface area contributed by atoms with Crippen molar-refractivity contribution in [1.82, 2.24) is 10.6 Å². The van der Waals surface area contributed by atoms with Gasteiger partial charge in [0.05, 0.1) is 12.2 Å². The fraction of sp³-hybridized carbons (Fsp3) is 0.567. The first kappa shape index (κ1) is 40.5. The second-order valence-electron chi connectivity index (χ2n) is 9.97. The normalized spacial score (nSPS) is 15.4. The highest BCUT2D eigenvalue weighted by Crippen LogP contribution is 2.22. The highest BCUT2D eigenvalue weighted by Gasteiger charge is 2.25. The Bertz CT molecular complexity index is 1020. The van der Waals surface area contributed by atoms with Crippen molar-refractivity contribution < 1.29 is 49.5 Å². The number of thioether (sulfide) groups is 1. The molecule has 0 aromatic heterocycles. The van der Waals surface area contributed by atoms with Crippen LogP contribution in [0.15, 0.2) is 48.6 Å². The van der Waals surface area contributed by atoms with Crippen LogP contribution in [0, 0.1) is 0 Å². The minimum atomic E-state index is -1.29. The zero-order valence-electron chi connectivity index (χ0n) is 25.0. The standard InChI is InChI=1S/C30H47N3O10S/c1-2-3-8-12-21(34)13-9-6-4-5-7-10-15-25(24(35)14-11-16-27(37)38)44-20-23(29(41)32-19-28(39)40)33-26(36)18-17-22(31)30(42)43/h4-7,9-10,13,15,21-25,34-35H,2-3,8,11-12,14,16-20,31H2,1H3,(H,32,41)(H,33,36)(H,37,38)(H,39,40)(H,42,43)/b6-4+,7-5+,13-9+,15-10+. The van der Waals surface area contributed by atoms with Crippen LogP contribution < -0.4 is 16.4 Å². The lowest BCUT2D eigenvalue weighted by molar-refractivity contribution is -0.139. The lowest BCUT2D eigenvalue weighted by Crippen LogP contribution is -2.50. The van der Waals surface area contributed by atoms with Crippen molar-refractivity contribution >= 4 is 41.5 Å². The van der Waals surface area contributed by atoms with Gasteiger partial charge >= 0.3 is 17.9 Å². The number of nitrogens with one attached hydrogen (secondary N) is 2. The Morgan fingerprint density at radius 1 is 0.795 bits per heavy atom. The molecule has 0 rings (SSSR count). The van der Waals surface area contributed by atoms with Gasteiger partial charge in [0.25, 0.3) is 0 Å². The number of aliphatic hydroxyl groups is 2. The van der Waals surface area contributed by atoms with E-state index in [0.29, 0.717) is 6.42 Å². The maximum Gasteiger partial charge on any atom is 0.322 e.